The number of ether oxygens (including phenoxy) is 1. The number of likely N-dealkylation sites (tertiary alicyclic amines) is 1. The van der Waals surface area contributed by atoms with E-state index in [9.17, 15) is 9.50 Å². The van der Waals surface area contributed by atoms with Crippen molar-refractivity contribution < 1.29 is 14.2 Å². The molecule has 18 heavy (non-hydrogen) atoms. The van der Waals surface area contributed by atoms with Crippen molar-refractivity contribution in [3.05, 3.63) is 29.6 Å². The number of methoxy groups -OCH3 is 1. The molecule has 0 aliphatic carbocycles. The lowest BCUT2D eigenvalue weighted by Gasteiger charge is -2.35. The highest BCUT2D eigenvalue weighted by atomic mass is 19.1. The number of rotatable bonds is 3. The molecule has 0 radical (unpaired) electrons. The molecular formula is C14H20FNO2. The Morgan fingerprint density at radius 1 is 1.39 bits per heavy atom. The van der Waals surface area contributed by atoms with Crippen LogP contribution in [0, 0.1) is 5.82 Å². The summed E-state index contributed by atoms with van der Waals surface area (Å²) in [6.07, 6.45) is 1.48. The molecule has 0 amide bonds. The predicted octanol–water partition coefficient (Wildman–Crippen LogP) is 2.18. The van der Waals surface area contributed by atoms with Crippen molar-refractivity contribution in [1.29, 1.82) is 0 Å². The largest absolute Gasteiger partial charge is 0.497 e. The first-order chi connectivity index (χ1) is 8.50. The standard InChI is InChI=1S/C14H20FNO2/c1-14(17)5-7-16(8-6-14)10-11-3-4-12(18-2)9-13(11)15/h3-4,9,17H,5-8,10H2,1-2H3. The highest BCUT2D eigenvalue weighted by Gasteiger charge is 2.27. The first kappa shape index (κ1) is 13.3. The van der Waals surface area contributed by atoms with E-state index in [1.54, 1.807) is 12.1 Å². The van der Waals surface area contributed by atoms with Crippen molar-refractivity contribution in [3.63, 3.8) is 0 Å². The van der Waals surface area contributed by atoms with Crippen LogP contribution < -0.4 is 4.74 Å². The fraction of sp³-hybridized carbons (Fsp3) is 0.571. The molecule has 0 bridgehead atoms. The van der Waals surface area contributed by atoms with E-state index in [0.29, 0.717) is 17.9 Å². The van der Waals surface area contributed by atoms with Gasteiger partial charge in [0.15, 0.2) is 0 Å². The summed E-state index contributed by atoms with van der Waals surface area (Å²) >= 11 is 0. The molecule has 2 rings (SSSR count). The summed E-state index contributed by atoms with van der Waals surface area (Å²) in [5, 5.41) is 9.86. The summed E-state index contributed by atoms with van der Waals surface area (Å²) in [6.45, 7) is 4.06. The van der Waals surface area contributed by atoms with Gasteiger partial charge in [0, 0.05) is 31.3 Å². The summed E-state index contributed by atoms with van der Waals surface area (Å²) in [5.74, 6) is 0.310. The Kier molecular flexibility index (Phi) is 3.88. The van der Waals surface area contributed by atoms with Crippen LogP contribution in [0.2, 0.25) is 0 Å². The van der Waals surface area contributed by atoms with Crippen LogP contribution in [0.3, 0.4) is 0 Å². The Morgan fingerprint density at radius 3 is 2.61 bits per heavy atom. The first-order valence-corrected chi connectivity index (χ1v) is 6.27. The molecule has 1 aromatic carbocycles. The van der Waals surface area contributed by atoms with Gasteiger partial charge in [0.25, 0.3) is 0 Å². The van der Waals surface area contributed by atoms with E-state index in [1.165, 1.54) is 13.2 Å². The molecule has 0 unspecified atom stereocenters. The summed E-state index contributed by atoms with van der Waals surface area (Å²) in [5.41, 5.74) is 0.118. The molecule has 3 nitrogen and oxygen atoms in total. The van der Waals surface area contributed by atoms with Crippen molar-refractivity contribution in [2.75, 3.05) is 20.2 Å². The van der Waals surface area contributed by atoms with Gasteiger partial charge < -0.3 is 9.84 Å². The number of halogens is 1. The van der Waals surface area contributed by atoms with Gasteiger partial charge in [0.05, 0.1) is 12.7 Å². The van der Waals surface area contributed by atoms with E-state index in [4.69, 9.17) is 4.74 Å². The number of aliphatic hydroxyl groups is 1. The molecule has 1 saturated heterocycles. The van der Waals surface area contributed by atoms with Crippen molar-refractivity contribution in [3.8, 4) is 5.75 Å². The Labute approximate surface area is 107 Å². The normalized spacial score (nSPS) is 19.8. The molecule has 100 valence electrons. The lowest BCUT2D eigenvalue weighted by atomic mass is 9.93. The maximum atomic E-state index is 13.8. The van der Waals surface area contributed by atoms with Gasteiger partial charge >= 0.3 is 0 Å². The van der Waals surface area contributed by atoms with E-state index in [2.05, 4.69) is 4.90 Å². The number of piperidine rings is 1. The van der Waals surface area contributed by atoms with Crippen LogP contribution in [-0.2, 0) is 6.54 Å². The Hall–Kier alpha value is -1.13. The van der Waals surface area contributed by atoms with Gasteiger partial charge in [0.1, 0.15) is 11.6 Å². The minimum absolute atomic E-state index is 0.230. The molecule has 1 N–H and O–H groups in total. The lowest BCUT2D eigenvalue weighted by molar-refractivity contribution is -0.00749. The minimum atomic E-state index is -0.561. The molecule has 1 heterocycles. The quantitative estimate of drug-likeness (QED) is 0.896. The second-order valence-electron chi connectivity index (χ2n) is 5.23. The Morgan fingerprint density at radius 2 is 2.06 bits per heavy atom. The van der Waals surface area contributed by atoms with Crippen molar-refractivity contribution in [2.45, 2.75) is 31.9 Å². The SMILES string of the molecule is COc1ccc(CN2CCC(C)(O)CC2)c(F)c1. The molecule has 0 aromatic heterocycles. The zero-order valence-corrected chi connectivity index (χ0v) is 10.9. The van der Waals surface area contributed by atoms with Gasteiger partial charge in [-0.1, -0.05) is 6.07 Å². The minimum Gasteiger partial charge on any atom is -0.497 e. The van der Waals surface area contributed by atoms with E-state index in [1.807, 2.05) is 6.92 Å². The number of nitrogens with zero attached hydrogens (tertiary/aromatic N) is 1. The van der Waals surface area contributed by atoms with Crippen LogP contribution in [0.5, 0.6) is 5.75 Å². The average Bonchev–Trinajstić information content (AvgIpc) is 2.34. The molecule has 0 spiro atoms. The fourth-order valence-electron chi connectivity index (χ4n) is 2.22. The molecule has 1 aromatic rings. The third-order valence-electron chi connectivity index (χ3n) is 3.59. The first-order valence-electron chi connectivity index (χ1n) is 6.27. The zero-order chi connectivity index (χ0) is 13.2. The number of benzene rings is 1. The van der Waals surface area contributed by atoms with Crippen molar-refractivity contribution in [2.24, 2.45) is 0 Å². The van der Waals surface area contributed by atoms with Crippen LogP contribution in [0.1, 0.15) is 25.3 Å². The number of hydrogen-bond donors (Lipinski definition) is 1. The molecular weight excluding hydrogens is 233 g/mol. The third-order valence-corrected chi connectivity index (χ3v) is 3.59. The highest BCUT2D eigenvalue weighted by Crippen LogP contribution is 2.24. The van der Waals surface area contributed by atoms with Gasteiger partial charge in [0.2, 0.25) is 0 Å². The third kappa shape index (κ3) is 3.21. The Balaban J connectivity index is 1.98. The smallest absolute Gasteiger partial charge is 0.131 e. The molecule has 1 aliphatic heterocycles. The van der Waals surface area contributed by atoms with Gasteiger partial charge in [-0.25, -0.2) is 4.39 Å². The molecule has 4 heteroatoms. The van der Waals surface area contributed by atoms with E-state index < -0.39 is 5.60 Å². The van der Waals surface area contributed by atoms with E-state index >= 15 is 0 Å². The summed E-state index contributed by atoms with van der Waals surface area (Å²) in [4.78, 5) is 2.17. The summed E-state index contributed by atoms with van der Waals surface area (Å²) < 4.78 is 18.8. The second kappa shape index (κ2) is 5.24. The molecule has 1 aliphatic rings. The van der Waals surface area contributed by atoms with Gasteiger partial charge in [-0.15, -0.1) is 0 Å². The lowest BCUT2D eigenvalue weighted by Crippen LogP contribution is -2.42. The van der Waals surface area contributed by atoms with Crippen molar-refractivity contribution >= 4 is 0 Å². The van der Waals surface area contributed by atoms with Crippen molar-refractivity contribution in [1.82, 2.24) is 4.90 Å². The number of hydrogen-bond acceptors (Lipinski definition) is 3. The highest BCUT2D eigenvalue weighted by molar-refractivity contribution is 5.28. The predicted molar refractivity (Wildman–Crippen MR) is 68.1 cm³/mol. The zero-order valence-electron chi connectivity index (χ0n) is 10.9. The average molecular weight is 253 g/mol. The molecule has 1 fully saturated rings. The van der Waals surface area contributed by atoms with Crippen LogP contribution in [0.4, 0.5) is 4.39 Å². The van der Waals surface area contributed by atoms with Gasteiger partial charge in [-0.2, -0.15) is 0 Å². The maximum Gasteiger partial charge on any atom is 0.131 e. The summed E-state index contributed by atoms with van der Waals surface area (Å²) in [6, 6.07) is 4.95. The van der Waals surface area contributed by atoms with Crippen LogP contribution in [0.15, 0.2) is 18.2 Å². The summed E-state index contributed by atoms with van der Waals surface area (Å²) in [7, 11) is 1.53. The van der Waals surface area contributed by atoms with E-state index in [0.717, 1.165) is 25.9 Å². The Bertz CT molecular complexity index is 410. The van der Waals surface area contributed by atoms with Crippen LogP contribution in [0.25, 0.3) is 0 Å². The second-order valence-corrected chi connectivity index (χ2v) is 5.23. The van der Waals surface area contributed by atoms with Crippen LogP contribution in [-0.4, -0.2) is 35.8 Å². The topological polar surface area (TPSA) is 32.7 Å². The maximum absolute atomic E-state index is 13.8. The van der Waals surface area contributed by atoms with Gasteiger partial charge in [-0.3, -0.25) is 4.90 Å². The van der Waals surface area contributed by atoms with Gasteiger partial charge in [-0.05, 0) is 25.8 Å². The van der Waals surface area contributed by atoms with E-state index in [-0.39, 0.29) is 5.82 Å². The monoisotopic (exact) mass is 253 g/mol. The molecule has 0 saturated carbocycles. The fourth-order valence-corrected chi connectivity index (χ4v) is 2.22. The van der Waals surface area contributed by atoms with Crippen LogP contribution >= 0.6 is 0 Å². The molecule has 0 atom stereocenters.